The lowest BCUT2D eigenvalue weighted by Gasteiger charge is -2.20. The maximum atomic E-state index is 12.9. The van der Waals surface area contributed by atoms with Crippen molar-refractivity contribution in [3.63, 3.8) is 0 Å². The number of hydrogen-bond donors (Lipinski definition) is 2. The van der Waals surface area contributed by atoms with Crippen molar-refractivity contribution in [1.82, 2.24) is 25.1 Å². The van der Waals surface area contributed by atoms with Crippen molar-refractivity contribution in [2.75, 3.05) is 6.54 Å². The molecule has 7 heteroatoms. The second kappa shape index (κ2) is 9.54. The summed E-state index contributed by atoms with van der Waals surface area (Å²) in [5.74, 6) is 1.32. The van der Waals surface area contributed by atoms with Gasteiger partial charge in [0, 0.05) is 29.6 Å². The van der Waals surface area contributed by atoms with Gasteiger partial charge in [-0.25, -0.2) is 4.98 Å². The van der Waals surface area contributed by atoms with Crippen molar-refractivity contribution in [3.05, 3.63) is 47.4 Å². The normalized spacial score (nSPS) is 13.9. The van der Waals surface area contributed by atoms with Crippen LogP contribution in [0.4, 0.5) is 0 Å². The van der Waals surface area contributed by atoms with E-state index in [0.717, 1.165) is 35.5 Å². The molecule has 7 nitrogen and oxygen atoms in total. The molecule has 2 heterocycles. The molecule has 3 rings (SSSR count). The summed E-state index contributed by atoms with van der Waals surface area (Å²) in [7, 11) is 0. The Bertz CT molecular complexity index is 983. The van der Waals surface area contributed by atoms with Crippen LogP contribution >= 0.6 is 0 Å². The fourth-order valence-corrected chi connectivity index (χ4v) is 3.33. The van der Waals surface area contributed by atoms with Crippen LogP contribution in [0.25, 0.3) is 5.65 Å². The number of amides is 1. The monoisotopic (exact) mass is 425 g/mol. The number of rotatable bonds is 9. The van der Waals surface area contributed by atoms with Crippen LogP contribution in [0.5, 0.6) is 5.75 Å². The number of carbonyl (C=O) groups is 1. The Kier molecular flexibility index (Phi) is 7.03. The molecule has 0 saturated heterocycles. The molecule has 0 fully saturated rings. The van der Waals surface area contributed by atoms with Crippen molar-refractivity contribution in [2.24, 2.45) is 0 Å². The van der Waals surface area contributed by atoms with E-state index in [4.69, 9.17) is 4.74 Å². The molecular weight excluding hydrogens is 390 g/mol. The number of ether oxygens (including phenoxy) is 1. The molecule has 2 aromatic heterocycles. The van der Waals surface area contributed by atoms with E-state index in [2.05, 4.69) is 48.2 Å². The van der Waals surface area contributed by atoms with E-state index < -0.39 is 6.10 Å². The predicted octanol–water partition coefficient (Wildman–Crippen LogP) is 4.52. The minimum absolute atomic E-state index is 0.00687. The molecule has 168 valence electrons. The van der Waals surface area contributed by atoms with Crippen LogP contribution in [-0.2, 0) is 10.2 Å². The van der Waals surface area contributed by atoms with Crippen molar-refractivity contribution >= 4 is 11.6 Å². The van der Waals surface area contributed by atoms with E-state index in [1.165, 1.54) is 0 Å². The molecular formula is C24H35N5O2. The topological polar surface area (TPSA) is 84.3 Å². The third-order valence-electron chi connectivity index (χ3n) is 5.36. The van der Waals surface area contributed by atoms with Gasteiger partial charge in [0.05, 0.1) is 0 Å². The predicted molar refractivity (Wildman–Crippen MR) is 123 cm³/mol. The Balaban J connectivity index is 1.62. The first kappa shape index (κ1) is 22.8. The number of aryl methyl sites for hydroxylation is 1. The third kappa shape index (κ3) is 5.87. The Morgan fingerprint density at radius 3 is 2.71 bits per heavy atom. The molecule has 0 aliphatic heterocycles. The van der Waals surface area contributed by atoms with Crippen molar-refractivity contribution in [1.29, 1.82) is 0 Å². The Morgan fingerprint density at radius 1 is 1.29 bits per heavy atom. The van der Waals surface area contributed by atoms with Crippen LogP contribution in [0.3, 0.4) is 0 Å². The first-order chi connectivity index (χ1) is 14.7. The summed E-state index contributed by atoms with van der Waals surface area (Å²) >= 11 is 0. The molecule has 0 aliphatic carbocycles. The number of H-pyrrole nitrogens is 1. The molecule has 31 heavy (non-hydrogen) atoms. The lowest BCUT2D eigenvalue weighted by atomic mass is 9.93. The molecule has 0 spiro atoms. The van der Waals surface area contributed by atoms with Gasteiger partial charge in [0.1, 0.15) is 5.75 Å². The molecule has 0 aliphatic rings. The first-order valence-electron chi connectivity index (χ1n) is 11.1. The number of nitrogens with zero attached hydrogens (tertiary/aromatic N) is 3. The maximum Gasteiger partial charge on any atom is 0.261 e. The minimum Gasteiger partial charge on any atom is -0.481 e. The number of nitrogens with one attached hydrogen (secondary N) is 2. The minimum atomic E-state index is -0.507. The van der Waals surface area contributed by atoms with E-state index in [0.29, 0.717) is 18.8 Å². The molecule has 3 aromatic rings. The average molecular weight is 426 g/mol. The van der Waals surface area contributed by atoms with Crippen LogP contribution in [-0.4, -0.2) is 38.4 Å². The molecule has 0 radical (unpaired) electrons. The lowest BCUT2D eigenvalue weighted by Crippen LogP contribution is -2.40. The number of unbranched alkanes of at least 4 members (excludes halogenated alkanes) is 1. The Morgan fingerprint density at radius 2 is 2.06 bits per heavy atom. The van der Waals surface area contributed by atoms with Gasteiger partial charge in [-0.1, -0.05) is 53.2 Å². The van der Waals surface area contributed by atoms with Crippen molar-refractivity contribution in [3.8, 4) is 5.75 Å². The van der Waals surface area contributed by atoms with Crippen LogP contribution in [0.2, 0.25) is 0 Å². The summed E-state index contributed by atoms with van der Waals surface area (Å²) in [6, 6.07) is 9.83. The van der Waals surface area contributed by atoms with E-state index >= 15 is 0 Å². The van der Waals surface area contributed by atoms with Gasteiger partial charge >= 0.3 is 0 Å². The molecule has 1 amide bonds. The van der Waals surface area contributed by atoms with Crippen molar-refractivity contribution < 1.29 is 9.53 Å². The summed E-state index contributed by atoms with van der Waals surface area (Å²) in [5, 5.41) is 10.9. The zero-order valence-corrected chi connectivity index (χ0v) is 19.5. The quantitative estimate of drug-likeness (QED) is 0.528. The summed E-state index contributed by atoms with van der Waals surface area (Å²) in [5.41, 5.74) is 2.99. The Labute approximate surface area is 184 Å². The average Bonchev–Trinajstić information content (AvgIpc) is 3.28. The summed E-state index contributed by atoms with van der Waals surface area (Å²) in [6.45, 7) is 13.0. The zero-order chi connectivity index (χ0) is 22.6. The molecule has 0 bridgehead atoms. The van der Waals surface area contributed by atoms with E-state index in [1.54, 1.807) is 4.63 Å². The fourth-order valence-electron chi connectivity index (χ4n) is 3.33. The highest BCUT2D eigenvalue weighted by Crippen LogP contribution is 2.22. The van der Waals surface area contributed by atoms with Gasteiger partial charge < -0.3 is 10.1 Å². The van der Waals surface area contributed by atoms with Gasteiger partial charge in [0.25, 0.3) is 5.91 Å². The van der Waals surface area contributed by atoms with Crippen molar-refractivity contribution in [2.45, 2.75) is 78.2 Å². The number of aromatic amines is 1. The fraction of sp³-hybridized carbons (Fsp3) is 0.542. The highest BCUT2D eigenvalue weighted by molar-refractivity contribution is 5.81. The van der Waals surface area contributed by atoms with Gasteiger partial charge in [-0.2, -0.15) is 4.63 Å². The first-order valence-corrected chi connectivity index (χ1v) is 11.1. The molecule has 0 saturated carbocycles. The number of aromatic nitrogens is 4. The van der Waals surface area contributed by atoms with Gasteiger partial charge in [-0.15, -0.1) is 5.10 Å². The van der Waals surface area contributed by atoms with E-state index in [9.17, 15) is 4.79 Å². The molecule has 1 aromatic carbocycles. The lowest BCUT2D eigenvalue weighted by molar-refractivity contribution is -0.128. The molecule has 2 atom stereocenters. The van der Waals surface area contributed by atoms with E-state index in [1.807, 2.05) is 44.2 Å². The van der Waals surface area contributed by atoms with Crippen LogP contribution < -0.4 is 10.1 Å². The number of carbonyl (C=O) groups excluding carboxylic acids is 1. The highest BCUT2D eigenvalue weighted by Gasteiger charge is 2.23. The van der Waals surface area contributed by atoms with Gasteiger partial charge in [0.2, 0.25) is 0 Å². The smallest absolute Gasteiger partial charge is 0.261 e. The zero-order valence-electron chi connectivity index (χ0n) is 19.5. The number of hydrogen-bond acceptors (Lipinski definition) is 4. The van der Waals surface area contributed by atoms with Gasteiger partial charge in [-0.3, -0.25) is 9.89 Å². The molecule has 2 N–H and O–H groups in total. The summed E-state index contributed by atoms with van der Waals surface area (Å²) in [6.07, 6.45) is 2.13. The number of fused-ring (bicyclic) bond motifs is 1. The summed E-state index contributed by atoms with van der Waals surface area (Å²) < 4.78 is 7.73. The van der Waals surface area contributed by atoms with Gasteiger partial charge in [-0.05, 0) is 37.5 Å². The SMILES string of the molecule is CCCCC(Oc1cccc(C)c1)C(=O)NCC(C)c1nc2cc(C(C)(C)C)[nH]n2n1. The number of benzene rings is 1. The molecule has 2 unspecified atom stereocenters. The highest BCUT2D eigenvalue weighted by atomic mass is 16.5. The second-order valence-corrected chi connectivity index (χ2v) is 9.37. The maximum absolute atomic E-state index is 12.9. The van der Waals surface area contributed by atoms with E-state index in [-0.39, 0.29) is 17.2 Å². The standard InChI is InChI=1S/C24H35N5O2/c1-7-8-12-19(31-18-11-9-10-16(2)13-18)23(30)25-15-17(3)22-26-21-14-20(24(4,5)6)27-29(21)28-22/h9-11,13-14,17,19,27H,7-8,12,15H2,1-6H3,(H,25,30). The van der Waals surface area contributed by atoms with Crippen LogP contribution in [0.15, 0.2) is 30.3 Å². The van der Waals surface area contributed by atoms with Crippen LogP contribution in [0, 0.1) is 6.92 Å². The third-order valence-corrected chi connectivity index (χ3v) is 5.36. The summed E-state index contributed by atoms with van der Waals surface area (Å²) in [4.78, 5) is 17.5. The Hall–Kier alpha value is -2.83. The van der Waals surface area contributed by atoms with Gasteiger partial charge in [0.15, 0.2) is 17.6 Å². The second-order valence-electron chi connectivity index (χ2n) is 9.37. The largest absolute Gasteiger partial charge is 0.481 e. The van der Waals surface area contributed by atoms with Crippen LogP contribution in [0.1, 0.15) is 76.9 Å².